The third kappa shape index (κ3) is 2.75. The SMILES string of the molecule is O=c1ccc2c([nH]1)CCCC2NCc1ccc(O)cc1. The van der Waals surface area contributed by atoms with Crippen LogP contribution >= 0.6 is 0 Å². The van der Waals surface area contributed by atoms with Crippen molar-refractivity contribution in [3.05, 3.63) is 63.6 Å². The van der Waals surface area contributed by atoms with Crippen molar-refractivity contribution in [2.24, 2.45) is 0 Å². The van der Waals surface area contributed by atoms with E-state index >= 15 is 0 Å². The van der Waals surface area contributed by atoms with Crippen molar-refractivity contribution >= 4 is 0 Å². The van der Waals surface area contributed by atoms with Crippen LogP contribution in [0.2, 0.25) is 0 Å². The second-order valence-corrected chi connectivity index (χ2v) is 5.25. The predicted molar refractivity (Wildman–Crippen MR) is 77.7 cm³/mol. The van der Waals surface area contributed by atoms with E-state index in [0.29, 0.717) is 0 Å². The van der Waals surface area contributed by atoms with Crippen LogP contribution in [0, 0.1) is 0 Å². The maximum atomic E-state index is 11.4. The summed E-state index contributed by atoms with van der Waals surface area (Å²) in [5.74, 6) is 0.286. The summed E-state index contributed by atoms with van der Waals surface area (Å²) in [6, 6.07) is 11.0. The first-order valence-electron chi connectivity index (χ1n) is 6.96. The smallest absolute Gasteiger partial charge is 0.248 e. The molecule has 0 aliphatic heterocycles. The van der Waals surface area contributed by atoms with Gasteiger partial charge in [0.1, 0.15) is 5.75 Å². The molecule has 0 amide bonds. The van der Waals surface area contributed by atoms with Gasteiger partial charge in [0, 0.05) is 24.3 Å². The highest BCUT2D eigenvalue weighted by Crippen LogP contribution is 2.27. The van der Waals surface area contributed by atoms with Gasteiger partial charge in [0.25, 0.3) is 0 Å². The first kappa shape index (κ1) is 12.9. The number of nitrogens with one attached hydrogen (secondary N) is 2. The molecule has 4 nitrogen and oxygen atoms in total. The second kappa shape index (κ2) is 5.51. The summed E-state index contributed by atoms with van der Waals surface area (Å²) in [5, 5.41) is 12.8. The maximum absolute atomic E-state index is 11.4. The van der Waals surface area contributed by atoms with Gasteiger partial charge in [-0.3, -0.25) is 4.79 Å². The fourth-order valence-corrected chi connectivity index (χ4v) is 2.77. The van der Waals surface area contributed by atoms with E-state index in [4.69, 9.17) is 0 Å². The van der Waals surface area contributed by atoms with Crippen LogP contribution in [0.15, 0.2) is 41.2 Å². The van der Waals surface area contributed by atoms with Gasteiger partial charge < -0.3 is 15.4 Å². The molecule has 3 rings (SSSR count). The molecule has 4 heteroatoms. The molecule has 1 aromatic heterocycles. The highest BCUT2D eigenvalue weighted by atomic mass is 16.3. The number of hydrogen-bond donors (Lipinski definition) is 3. The molecule has 1 unspecified atom stereocenters. The number of benzene rings is 1. The minimum absolute atomic E-state index is 0.0251. The van der Waals surface area contributed by atoms with Crippen molar-refractivity contribution in [2.45, 2.75) is 31.8 Å². The minimum Gasteiger partial charge on any atom is -0.508 e. The largest absolute Gasteiger partial charge is 0.508 e. The van der Waals surface area contributed by atoms with Crippen molar-refractivity contribution in [2.75, 3.05) is 0 Å². The van der Waals surface area contributed by atoms with Crippen LogP contribution in [0.25, 0.3) is 0 Å². The first-order chi connectivity index (χ1) is 9.72. The third-order valence-corrected chi connectivity index (χ3v) is 3.82. The lowest BCUT2D eigenvalue weighted by molar-refractivity contribution is 0.452. The van der Waals surface area contributed by atoms with Crippen molar-refractivity contribution in [1.29, 1.82) is 0 Å². The quantitative estimate of drug-likeness (QED) is 0.801. The van der Waals surface area contributed by atoms with E-state index < -0.39 is 0 Å². The van der Waals surface area contributed by atoms with Gasteiger partial charge in [-0.15, -0.1) is 0 Å². The highest BCUT2D eigenvalue weighted by molar-refractivity contribution is 5.28. The van der Waals surface area contributed by atoms with Crippen LogP contribution < -0.4 is 10.9 Å². The number of aromatic hydroxyl groups is 1. The zero-order valence-corrected chi connectivity index (χ0v) is 11.2. The number of phenols is 1. The summed E-state index contributed by atoms with van der Waals surface area (Å²) in [7, 11) is 0. The minimum atomic E-state index is -0.0251. The van der Waals surface area contributed by atoms with Crippen molar-refractivity contribution in [3.8, 4) is 5.75 Å². The molecule has 0 bridgehead atoms. The van der Waals surface area contributed by atoms with Gasteiger partial charge in [-0.2, -0.15) is 0 Å². The Morgan fingerprint density at radius 3 is 2.80 bits per heavy atom. The molecule has 1 heterocycles. The summed E-state index contributed by atoms with van der Waals surface area (Å²) < 4.78 is 0. The fourth-order valence-electron chi connectivity index (χ4n) is 2.77. The van der Waals surface area contributed by atoms with Gasteiger partial charge in [-0.1, -0.05) is 18.2 Å². The molecule has 0 saturated heterocycles. The number of pyridine rings is 1. The molecule has 1 aromatic carbocycles. The third-order valence-electron chi connectivity index (χ3n) is 3.82. The Kier molecular flexibility index (Phi) is 3.56. The van der Waals surface area contributed by atoms with E-state index in [9.17, 15) is 9.90 Å². The van der Waals surface area contributed by atoms with Crippen molar-refractivity contribution in [1.82, 2.24) is 10.3 Å². The zero-order chi connectivity index (χ0) is 13.9. The first-order valence-corrected chi connectivity index (χ1v) is 6.96. The standard InChI is InChI=1S/C16H18N2O2/c19-12-6-4-11(5-7-12)10-17-14-2-1-3-15-13(14)8-9-16(20)18-15/h4-9,14,17,19H,1-3,10H2,(H,18,20). The van der Waals surface area contributed by atoms with E-state index in [-0.39, 0.29) is 17.4 Å². The number of fused-ring (bicyclic) bond motifs is 1. The van der Waals surface area contributed by atoms with E-state index in [1.807, 2.05) is 18.2 Å². The molecule has 2 aromatic rings. The molecular formula is C16H18N2O2. The van der Waals surface area contributed by atoms with Gasteiger partial charge in [0.05, 0.1) is 0 Å². The van der Waals surface area contributed by atoms with Crippen LogP contribution in [0.4, 0.5) is 0 Å². The number of aryl methyl sites for hydroxylation is 1. The summed E-state index contributed by atoms with van der Waals surface area (Å²) >= 11 is 0. The second-order valence-electron chi connectivity index (χ2n) is 5.25. The lowest BCUT2D eigenvalue weighted by Crippen LogP contribution is -2.27. The Bertz CT molecular complexity index is 646. The molecule has 0 fully saturated rings. The Labute approximate surface area is 117 Å². The summed E-state index contributed by atoms with van der Waals surface area (Å²) in [6.45, 7) is 0.753. The fraction of sp³-hybridized carbons (Fsp3) is 0.312. The molecule has 0 spiro atoms. The van der Waals surface area contributed by atoms with Crippen LogP contribution in [-0.2, 0) is 13.0 Å². The number of phenolic OH excluding ortho intramolecular Hbond substituents is 1. The predicted octanol–water partition coefficient (Wildman–Crippen LogP) is 2.25. The summed E-state index contributed by atoms with van der Waals surface area (Å²) in [4.78, 5) is 14.3. The number of H-pyrrole nitrogens is 1. The van der Waals surface area contributed by atoms with Gasteiger partial charge in [-0.25, -0.2) is 0 Å². The molecule has 1 aliphatic rings. The lowest BCUT2D eigenvalue weighted by Gasteiger charge is -2.26. The van der Waals surface area contributed by atoms with Crippen molar-refractivity contribution < 1.29 is 5.11 Å². The maximum Gasteiger partial charge on any atom is 0.248 e. The van der Waals surface area contributed by atoms with Crippen molar-refractivity contribution in [3.63, 3.8) is 0 Å². The number of rotatable bonds is 3. The molecule has 0 radical (unpaired) electrons. The highest BCUT2D eigenvalue weighted by Gasteiger charge is 2.20. The summed E-state index contributed by atoms with van der Waals surface area (Å²) in [5.41, 5.74) is 3.38. The zero-order valence-electron chi connectivity index (χ0n) is 11.2. The molecule has 1 atom stereocenters. The Balaban J connectivity index is 1.73. The molecular weight excluding hydrogens is 252 g/mol. The summed E-state index contributed by atoms with van der Waals surface area (Å²) in [6.07, 6.45) is 3.11. The molecule has 1 aliphatic carbocycles. The van der Waals surface area contributed by atoms with Gasteiger partial charge in [-0.05, 0) is 42.5 Å². The van der Waals surface area contributed by atoms with E-state index in [1.54, 1.807) is 18.2 Å². The van der Waals surface area contributed by atoms with Gasteiger partial charge in [0.15, 0.2) is 0 Å². The Morgan fingerprint density at radius 1 is 1.20 bits per heavy atom. The normalized spacial score (nSPS) is 17.7. The number of aromatic amines is 1. The molecule has 20 heavy (non-hydrogen) atoms. The van der Waals surface area contributed by atoms with Crippen LogP contribution in [-0.4, -0.2) is 10.1 Å². The topological polar surface area (TPSA) is 65.1 Å². The van der Waals surface area contributed by atoms with E-state index in [0.717, 1.165) is 37.1 Å². The average Bonchev–Trinajstić information content (AvgIpc) is 2.46. The van der Waals surface area contributed by atoms with E-state index in [1.165, 1.54) is 5.56 Å². The van der Waals surface area contributed by atoms with Gasteiger partial charge >= 0.3 is 0 Å². The Morgan fingerprint density at radius 2 is 2.00 bits per heavy atom. The van der Waals surface area contributed by atoms with Crippen LogP contribution in [0.1, 0.15) is 35.7 Å². The molecule has 3 N–H and O–H groups in total. The Hall–Kier alpha value is -2.07. The number of aromatic nitrogens is 1. The lowest BCUT2D eigenvalue weighted by atomic mass is 9.91. The monoisotopic (exact) mass is 270 g/mol. The van der Waals surface area contributed by atoms with Crippen LogP contribution in [0.3, 0.4) is 0 Å². The van der Waals surface area contributed by atoms with Gasteiger partial charge in [0.2, 0.25) is 5.56 Å². The average molecular weight is 270 g/mol. The molecule has 104 valence electrons. The van der Waals surface area contributed by atoms with E-state index in [2.05, 4.69) is 10.3 Å². The molecule has 0 saturated carbocycles. The van der Waals surface area contributed by atoms with Crippen LogP contribution in [0.5, 0.6) is 5.75 Å². The number of hydrogen-bond acceptors (Lipinski definition) is 3.